The molecule has 0 amide bonds. The normalized spacial score (nSPS) is 41.4. The van der Waals surface area contributed by atoms with Crippen molar-refractivity contribution >= 4 is 0 Å². The molecule has 0 saturated heterocycles. The molecule has 0 aromatic rings. The van der Waals surface area contributed by atoms with E-state index < -0.39 is 0 Å². The minimum Gasteiger partial charge on any atom is -0.390 e. The van der Waals surface area contributed by atoms with E-state index in [1.54, 1.807) is 0 Å². The molecule has 0 spiro atoms. The van der Waals surface area contributed by atoms with Crippen LogP contribution >= 0.6 is 0 Å². The van der Waals surface area contributed by atoms with Crippen LogP contribution in [-0.4, -0.2) is 10.7 Å². The Bertz CT molecular complexity index is 188. The summed E-state index contributed by atoms with van der Waals surface area (Å²) in [5.74, 6) is 2.47. The van der Waals surface area contributed by atoms with Crippen LogP contribution in [-0.2, 0) is 0 Å². The summed E-state index contributed by atoms with van der Waals surface area (Å²) in [6.07, 6.45) is 3.18. The van der Waals surface area contributed by atoms with Gasteiger partial charge in [0.15, 0.2) is 0 Å². The Morgan fingerprint density at radius 1 is 1.14 bits per heavy atom. The van der Waals surface area contributed by atoms with Gasteiger partial charge < -0.3 is 5.11 Å². The second-order valence-corrected chi connectivity index (χ2v) is 5.83. The lowest BCUT2D eigenvalue weighted by Crippen LogP contribution is -2.44. The molecule has 0 aromatic heterocycles. The summed E-state index contributed by atoms with van der Waals surface area (Å²) < 4.78 is 0. The zero-order valence-corrected chi connectivity index (χ0v) is 10.4. The van der Waals surface area contributed by atoms with Crippen molar-refractivity contribution in [3.05, 3.63) is 0 Å². The van der Waals surface area contributed by atoms with Crippen LogP contribution in [0.3, 0.4) is 0 Å². The average molecular weight is 198 g/mol. The minimum atomic E-state index is -0.389. The first kappa shape index (κ1) is 12.0. The van der Waals surface area contributed by atoms with Gasteiger partial charge in [-0.25, -0.2) is 0 Å². The van der Waals surface area contributed by atoms with Gasteiger partial charge in [0.05, 0.1) is 5.60 Å². The Morgan fingerprint density at radius 3 is 2.14 bits per heavy atom. The molecule has 1 nitrogen and oxygen atoms in total. The summed E-state index contributed by atoms with van der Waals surface area (Å²) in [6.45, 7) is 11.2. The molecule has 1 N–H and O–H groups in total. The van der Waals surface area contributed by atoms with Gasteiger partial charge in [0.2, 0.25) is 0 Å². The van der Waals surface area contributed by atoms with Crippen LogP contribution in [0.25, 0.3) is 0 Å². The fourth-order valence-corrected chi connectivity index (χ4v) is 2.66. The summed E-state index contributed by atoms with van der Waals surface area (Å²) in [7, 11) is 0. The largest absolute Gasteiger partial charge is 0.390 e. The van der Waals surface area contributed by atoms with E-state index >= 15 is 0 Å². The lowest BCUT2D eigenvalue weighted by Gasteiger charge is -2.44. The Hall–Kier alpha value is -0.0400. The summed E-state index contributed by atoms with van der Waals surface area (Å²) >= 11 is 0. The maximum absolute atomic E-state index is 10.6. The van der Waals surface area contributed by atoms with E-state index in [-0.39, 0.29) is 5.60 Å². The first-order valence-corrected chi connectivity index (χ1v) is 6.09. The van der Waals surface area contributed by atoms with Crippen LogP contribution in [0, 0.1) is 23.7 Å². The molecular weight excluding hydrogens is 172 g/mol. The van der Waals surface area contributed by atoms with Gasteiger partial charge in [-0.15, -0.1) is 0 Å². The Labute approximate surface area is 88.9 Å². The van der Waals surface area contributed by atoms with Gasteiger partial charge in [-0.1, -0.05) is 34.6 Å². The van der Waals surface area contributed by atoms with E-state index in [1.165, 1.54) is 6.42 Å². The van der Waals surface area contributed by atoms with Crippen LogP contribution in [0.4, 0.5) is 0 Å². The standard InChI is InChI=1S/C13H26O/c1-9(2)12(5)13(14)7-6-10(3)11(4)8-13/h9-12,14H,6-8H2,1-5H3. The fraction of sp³-hybridized carbons (Fsp3) is 1.00. The van der Waals surface area contributed by atoms with E-state index in [0.717, 1.165) is 18.8 Å². The monoisotopic (exact) mass is 198 g/mol. The Kier molecular flexibility index (Phi) is 3.63. The Morgan fingerprint density at radius 2 is 1.71 bits per heavy atom. The molecule has 0 heterocycles. The molecule has 1 aliphatic rings. The van der Waals surface area contributed by atoms with Crippen LogP contribution in [0.5, 0.6) is 0 Å². The van der Waals surface area contributed by atoms with E-state index in [1.807, 2.05) is 0 Å². The zero-order chi connectivity index (χ0) is 10.9. The fourth-order valence-electron chi connectivity index (χ4n) is 2.66. The minimum absolute atomic E-state index is 0.389. The van der Waals surface area contributed by atoms with Gasteiger partial charge in [0, 0.05) is 0 Å². The highest BCUT2D eigenvalue weighted by Gasteiger charge is 2.40. The van der Waals surface area contributed by atoms with Crippen LogP contribution in [0.15, 0.2) is 0 Å². The third kappa shape index (κ3) is 2.31. The maximum Gasteiger partial charge on any atom is 0.0678 e. The zero-order valence-electron chi connectivity index (χ0n) is 10.4. The van der Waals surface area contributed by atoms with E-state index in [4.69, 9.17) is 0 Å². The number of hydrogen-bond donors (Lipinski definition) is 1. The third-order valence-electron chi connectivity index (χ3n) is 4.53. The highest BCUT2D eigenvalue weighted by Crippen LogP contribution is 2.42. The lowest BCUT2D eigenvalue weighted by atomic mass is 9.66. The number of aliphatic hydroxyl groups is 1. The molecule has 1 rings (SSSR count). The van der Waals surface area contributed by atoms with Crippen LogP contribution in [0.2, 0.25) is 0 Å². The quantitative estimate of drug-likeness (QED) is 0.720. The van der Waals surface area contributed by atoms with Crippen molar-refractivity contribution in [2.24, 2.45) is 23.7 Å². The van der Waals surface area contributed by atoms with Crippen molar-refractivity contribution in [1.29, 1.82) is 0 Å². The highest BCUT2D eigenvalue weighted by atomic mass is 16.3. The molecule has 0 radical (unpaired) electrons. The highest BCUT2D eigenvalue weighted by molar-refractivity contribution is 4.92. The predicted molar refractivity (Wildman–Crippen MR) is 61.1 cm³/mol. The van der Waals surface area contributed by atoms with E-state index in [9.17, 15) is 5.11 Å². The number of rotatable bonds is 2. The maximum atomic E-state index is 10.6. The molecule has 0 aromatic carbocycles. The third-order valence-corrected chi connectivity index (χ3v) is 4.53. The van der Waals surface area contributed by atoms with Gasteiger partial charge in [0.25, 0.3) is 0 Å². The topological polar surface area (TPSA) is 20.2 Å². The van der Waals surface area contributed by atoms with Gasteiger partial charge >= 0.3 is 0 Å². The number of hydrogen-bond acceptors (Lipinski definition) is 1. The first-order valence-electron chi connectivity index (χ1n) is 6.09. The summed E-state index contributed by atoms with van der Waals surface area (Å²) in [4.78, 5) is 0. The van der Waals surface area contributed by atoms with Gasteiger partial charge in [-0.05, 0) is 42.9 Å². The van der Waals surface area contributed by atoms with Crippen molar-refractivity contribution in [2.75, 3.05) is 0 Å². The molecule has 84 valence electrons. The second kappa shape index (κ2) is 4.22. The van der Waals surface area contributed by atoms with Crippen LogP contribution in [0.1, 0.15) is 53.9 Å². The molecule has 1 fully saturated rings. The molecule has 0 aliphatic heterocycles. The van der Waals surface area contributed by atoms with Crippen molar-refractivity contribution in [1.82, 2.24) is 0 Å². The van der Waals surface area contributed by atoms with Crippen molar-refractivity contribution in [3.63, 3.8) is 0 Å². The van der Waals surface area contributed by atoms with Crippen molar-refractivity contribution in [2.45, 2.75) is 59.5 Å². The smallest absolute Gasteiger partial charge is 0.0678 e. The average Bonchev–Trinajstić information content (AvgIpc) is 2.11. The summed E-state index contributed by atoms with van der Waals surface area (Å²) in [6, 6.07) is 0. The van der Waals surface area contributed by atoms with Crippen molar-refractivity contribution in [3.8, 4) is 0 Å². The van der Waals surface area contributed by atoms with Crippen LogP contribution < -0.4 is 0 Å². The van der Waals surface area contributed by atoms with Crippen molar-refractivity contribution < 1.29 is 5.11 Å². The first-order chi connectivity index (χ1) is 6.37. The molecule has 4 atom stereocenters. The van der Waals surface area contributed by atoms with Gasteiger partial charge in [0.1, 0.15) is 0 Å². The SMILES string of the molecule is CC(C)C(C)C1(O)CCC(C)C(C)C1. The van der Waals surface area contributed by atoms with E-state index in [2.05, 4.69) is 34.6 Å². The molecule has 1 saturated carbocycles. The molecular formula is C13H26O. The van der Waals surface area contributed by atoms with Gasteiger partial charge in [-0.3, -0.25) is 0 Å². The predicted octanol–water partition coefficient (Wildman–Crippen LogP) is 3.47. The van der Waals surface area contributed by atoms with Gasteiger partial charge in [-0.2, -0.15) is 0 Å². The summed E-state index contributed by atoms with van der Waals surface area (Å²) in [5.41, 5.74) is -0.389. The second-order valence-electron chi connectivity index (χ2n) is 5.83. The summed E-state index contributed by atoms with van der Waals surface area (Å²) in [5, 5.41) is 10.6. The molecule has 1 heteroatoms. The van der Waals surface area contributed by atoms with E-state index in [0.29, 0.717) is 17.8 Å². The molecule has 14 heavy (non-hydrogen) atoms. The molecule has 4 unspecified atom stereocenters. The lowest BCUT2D eigenvalue weighted by molar-refractivity contribution is -0.0822. The molecule has 1 aliphatic carbocycles. The molecule has 0 bridgehead atoms. The Balaban J connectivity index is 2.66.